The summed E-state index contributed by atoms with van der Waals surface area (Å²) in [6, 6.07) is 8.57. The minimum absolute atomic E-state index is 0.0800. The van der Waals surface area contributed by atoms with Gasteiger partial charge in [0.2, 0.25) is 0 Å². The van der Waals surface area contributed by atoms with Crippen molar-refractivity contribution in [2.75, 3.05) is 11.9 Å². The Morgan fingerprint density at radius 3 is 2.55 bits per heavy atom. The maximum atomic E-state index is 12.0. The molecule has 116 valence electrons. The molecular formula is C16H17NO5. The van der Waals surface area contributed by atoms with Crippen molar-refractivity contribution < 1.29 is 23.8 Å². The van der Waals surface area contributed by atoms with Gasteiger partial charge in [-0.25, -0.2) is 0 Å². The number of furan rings is 1. The van der Waals surface area contributed by atoms with Crippen LogP contribution in [0.3, 0.4) is 0 Å². The van der Waals surface area contributed by atoms with Crippen molar-refractivity contribution in [2.45, 2.75) is 19.8 Å². The van der Waals surface area contributed by atoms with Crippen molar-refractivity contribution in [1.29, 1.82) is 0 Å². The summed E-state index contributed by atoms with van der Waals surface area (Å²) < 4.78 is 10.5. The number of amides is 1. The molecule has 0 atom stereocenters. The number of carboxylic acids is 1. The van der Waals surface area contributed by atoms with E-state index in [0.717, 1.165) is 5.56 Å². The van der Waals surface area contributed by atoms with Crippen LogP contribution in [0.25, 0.3) is 0 Å². The fraction of sp³-hybridized carbons (Fsp3) is 0.250. The molecule has 6 nitrogen and oxygen atoms in total. The highest BCUT2D eigenvalue weighted by Crippen LogP contribution is 2.18. The molecule has 2 rings (SSSR count). The maximum absolute atomic E-state index is 12.0. The lowest BCUT2D eigenvalue weighted by atomic mass is 10.2. The van der Waals surface area contributed by atoms with Crippen LogP contribution >= 0.6 is 0 Å². The second-order valence-electron chi connectivity index (χ2n) is 4.76. The number of anilines is 1. The van der Waals surface area contributed by atoms with Crippen molar-refractivity contribution in [3.63, 3.8) is 0 Å². The molecule has 0 fully saturated rings. The Morgan fingerprint density at radius 2 is 1.95 bits per heavy atom. The van der Waals surface area contributed by atoms with Gasteiger partial charge in [0.15, 0.2) is 5.76 Å². The lowest BCUT2D eigenvalue weighted by molar-refractivity contribution is -0.137. The van der Waals surface area contributed by atoms with E-state index in [1.54, 1.807) is 37.3 Å². The normalized spacial score (nSPS) is 10.2. The van der Waals surface area contributed by atoms with Crippen LogP contribution in [0.5, 0.6) is 5.75 Å². The number of hydrogen-bond acceptors (Lipinski definition) is 4. The molecule has 0 aliphatic rings. The largest absolute Gasteiger partial charge is 0.494 e. The zero-order valence-corrected chi connectivity index (χ0v) is 12.2. The molecule has 0 spiro atoms. The average molecular weight is 303 g/mol. The van der Waals surface area contributed by atoms with E-state index in [-0.39, 0.29) is 18.1 Å². The van der Waals surface area contributed by atoms with E-state index in [9.17, 15) is 9.59 Å². The fourth-order valence-electron chi connectivity index (χ4n) is 1.84. The molecule has 2 N–H and O–H groups in total. The Kier molecular flexibility index (Phi) is 5.19. The molecule has 1 aromatic carbocycles. The summed E-state index contributed by atoms with van der Waals surface area (Å²) in [4.78, 5) is 22.3. The van der Waals surface area contributed by atoms with E-state index >= 15 is 0 Å². The third-order valence-electron chi connectivity index (χ3n) is 2.98. The number of carboxylic acid groups (broad SMARTS) is 1. The first-order valence-electron chi connectivity index (χ1n) is 6.86. The minimum atomic E-state index is -0.838. The molecule has 1 amide bonds. The van der Waals surface area contributed by atoms with Crippen LogP contribution in [-0.2, 0) is 4.79 Å². The van der Waals surface area contributed by atoms with Crippen LogP contribution in [0.4, 0.5) is 5.69 Å². The Balaban J connectivity index is 1.85. The summed E-state index contributed by atoms with van der Waals surface area (Å²) in [5, 5.41) is 11.3. The molecule has 0 saturated heterocycles. The molecule has 0 aliphatic carbocycles. The van der Waals surface area contributed by atoms with Crippen LogP contribution in [0.1, 0.15) is 29.0 Å². The van der Waals surface area contributed by atoms with Crippen molar-refractivity contribution in [2.24, 2.45) is 0 Å². The molecule has 0 unspecified atom stereocenters. The summed E-state index contributed by atoms with van der Waals surface area (Å²) in [7, 11) is 0. The predicted octanol–water partition coefficient (Wildman–Crippen LogP) is 3.08. The van der Waals surface area contributed by atoms with Crippen LogP contribution in [0.2, 0.25) is 0 Å². The van der Waals surface area contributed by atoms with Gasteiger partial charge in [-0.05, 0) is 43.7 Å². The zero-order chi connectivity index (χ0) is 15.9. The smallest absolute Gasteiger partial charge is 0.303 e. The highest BCUT2D eigenvalue weighted by atomic mass is 16.5. The number of aliphatic carboxylic acids is 1. The third-order valence-corrected chi connectivity index (χ3v) is 2.98. The first-order chi connectivity index (χ1) is 10.6. The lowest BCUT2D eigenvalue weighted by Gasteiger charge is -2.07. The summed E-state index contributed by atoms with van der Waals surface area (Å²) in [6.45, 7) is 2.13. The molecule has 0 aliphatic heterocycles. The number of nitrogens with one attached hydrogen (secondary N) is 1. The molecule has 0 radical (unpaired) electrons. The van der Waals surface area contributed by atoms with Crippen molar-refractivity contribution in [3.8, 4) is 5.75 Å². The van der Waals surface area contributed by atoms with E-state index in [1.165, 1.54) is 6.26 Å². The Hall–Kier alpha value is -2.76. The first kappa shape index (κ1) is 15.6. The van der Waals surface area contributed by atoms with Crippen molar-refractivity contribution in [1.82, 2.24) is 0 Å². The van der Waals surface area contributed by atoms with E-state index in [2.05, 4.69) is 5.32 Å². The average Bonchev–Trinajstić information content (AvgIpc) is 2.91. The van der Waals surface area contributed by atoms with Gasteiger partial charge in [0.25, 0.3) is 5.91 Å². The quantitative estimate of drug-likeness (QED) is 0.767. The van der Waals surface area contributed by atoms with Gasteiger partial charge in [-0.15, -0.1) is 0 Å². The van der Waals surface area contributed by atoms with Crippen LogP contribution < -0.4 is 10.1 Å². The van der Waals surface area contributed by atoms with Gasteiger partial charge in [0.1, 0.15) is 5.75 Å². The number of aryl methyl sites for hydroxylation is 1. The zero-order valence-electron chi connectivity index (χ0n) is 12.2. The number of rotatable bonds is 7. The summed E-state index contributed by atoms with van der Waals surface area (Å²) >= 11 is 0. The van der Waals surface area contributed by atoms with E-state index < -0.39 is 5.97 Å². The second-order valence-corrected chi connectivity index (χ2v) is 4.76. The third kappa shape index (κ3) is 4.37. The van der Waals surface area contributed by atoms with Gasteiger partial charge >= 0.3 is 5.97 Å². The van der Waals surface area contributed by atoms with E-state index in [4.69, 9.17) is 14.3 Å². The Morgan fingerprint density at radius 1 is 1.23 bits per heavy atom. The lowest BCUT2D eigenvalue weighted by Crippen LogP contribution is -2.12. The Labute approximate surface area is 127 Å². The SMILES string of the molecule is Cc1ccoc1C(=O)Nc1ccc(OCCCC(=O)O)cc1. The van der Waals surface area contributed by atoms with Gasteiger partial charge in [0, 0.05) is 17.7 Å². The standard InChI is InChI=1S/C16H17NO5/c1-11-8-10-22-15(11)16(20)17-12-4-6-13(7-5-12)21-9-2-3-14(18)19/h4-8,10H,2-3,9H2,1H3,(H,17,20)(H,18,19). The monoisotopic (exact) mass is 303 g/mol. The fourth-order valence-corrected chi connectivity index (χ4v) is 1.84. The Bertz CT molecular complexity index is 645. The second kappa shape index (κ2) is 7.31. The van der Waals surface area contributed by atoms with Gasteiger partial charge in [-0.3, -0.25) is 9.59 Å². The molecule has 2 aromatic rings. The van der Waals surface area contributed by atoms with Crippen LogP contribution in [0, 0.1) is 6.92 Å². The minimum Gasteiger partial charge on any atom is -0.494 e. The van der Waals surface area contributed by atoms with E-state index in [1.807, 2.05) is 0 Å². The molecule has 6 heteroatoms. The topological polar surface area (TPSA) is 88.8 Å². The molecule has 1 aromatic heterocycles. The summed E-state index contributed by atoms with van der Waals surface area (Å²) in [5.74, 6) is -0.237. The molecule has 22 heavy (non-hydrogen) atoms. The van der Waals surface area contributed by atoms with Crippen molar-refractivity contribution >= 4 is 17.6 Å². The molecular weight excluding hydrogens is 286 g/mol. The van der Waals surface area contributed by atoms with Gasteiger partial charge in [0.05, 0.1) is 12.9 Å². The van der Waals surface area contributed by atoms with Crippen LogP contribution in [0.15, 0.2) is 41.0 Å². The van der Waals surface area contributed by atoms with Gasteiger partial charge in [-0.2, -0.15) is 0 Å². The molecule has 0 saturated carbocycles. The number of carbonyl (C=O) groups is 2. The number of hydrogen-bond donors (Lipinski definition) is 2. The molecule has 1 heterocycles. The number of ether oxygens (including phenoxy) is 1. The summed E-state index contributed by atoms with van der Waals surface area (Å²) in [5.41, 5.74) is 1.40. The number of carbonyl (C=O) groups excluding carboxylic acids is 1. The molecule has 0 bridgehead atoms. The van der Waals surface area contributed by atoms with Crippen LogP contribution in [-0.4, -0.2) is 23.6 Å². The predicted molar refractivity (Wildman–Crippen MR) is 80.2 cm³/mol. The number of benzene rings is 1. The van der Waals surface area contributed by atoms with Crippen molar-refractivity contribution in [3.05, 3.63) is 47.9 Å². The highest BCUT2D eigenvalue weighted by Gasteiger charge is 2.12. The van der Waals surface area contributed by atoms with E-state index in [0.29, 0.717) is 24.5 Å². The summed E-state index contributed by atoms with van der Waals surface area (Å²) in [6.07, 6.45) is 2.00. The van der Waals surface area contributed by atoms with Gasteiger partial charge < -0.3 is 19.6 Å². The first-order valence-corrected chi connectivity index (χ1v) is 6.86. The van der Waals surface area contributed by atoms with Gasteiger partial charge in [-0.1, -0.05) is 0 Å². The highest BCUT2D eigenvalue weighted by molar-refractivity contribution is 6.03. The maximum Gasteiger partial charge on any atom is 0.303 e.